The van der Waals surface area contributed by atoms with Crippen molar-refractivity contribution in [3.63, 3.8) is 0 Å². The van der Waals surface area contributed by atoms with Gasteiger partial charge in [0.1, 0.15) is 0 Å². The van der Waals surface area contributed by atoms with Crippen LogP contribution in [0.15, 0.2) is 18.3 Å². The van der Waals surface area contributed by atoms with Crippen LogP contribution in [-0.4, -0.2) is 11.3 Å². The molecule has 0 N–H and O–H groups in total. The maximum absolute atomic E-state index is 12.2. The quantitative estimate of drug-likeness (QED) is 0.461. The first-order valence-corrected chi connectivity index (χ1v) is 2.40. The van der Waals surface area contributed by atoms with Crippen LogP contribution < -0.4 is 0 Å². The lowest BCUT2D eigenvalue weighted by Crippen LogP contribution is -1.88. The Kier molecular flexibility index (Phi) is 3.57. The van der Waals surface area contributed by atoms with Gasteiger partial charge in [0.15, 0.2) is 6.29 Å². The van der Waals surface area contributed by atoms with E-state index in [1.165, 1.54) is 18.3 Å². The molecule has 0 aromatic carbocycles. The van der Waals surface area contributed by atoms with E-state index in [1.54, 1.807) is 0 Å². The van der Waals surface area contributed by atoms with E-state index in [0.29, 0.717) is 6.29 Å². The molecular formula is C6H5ClFNO. The molecule has 1 aromatic rings. The number of rotatable bonds is 1. The van der Waals surface area contributed by atoms with Crippen LogP contribution in [0.2, 0.25) is 0 Å². The van der Waals surface area contributed by atoms with Gasteiger partial charge in [-0.05, 0) is 12.1 Å². The Morgan fingerprint density at radius 1 is 1.60 bits per heavy atom. The van der Waals surface area contributed by atoms with Crippen molar-refractivity contribution in [3.05, 3.63) is 29.8 Å². The summed E-state index contributed by atoms with van der Waals surface area (Å²) in [5, 5.41) is 0. The summed E-state index contributed by atoms with van der Waals surface area (Å²) in [6.45, 7) is 0. The normalized spacial score (nSPS) is 8.10. The van der Waals surface area contributed by atoms with Crippen molar-refractivity contribution in [2.45, 2.75) is 0 Å². The zero-order valence-electron chi connectivity index (χ0n) is 4.95. The van der Waals surface area contributed by atoms with Crippen molar-refractivity contribution >= 4 is 18.7 Å². The third-order valence-corrected chi connectivity index (χ3v) is 0.915. The average molecular weight is 162 g/mol. The molecular weight excluding hydrogens is 157 g/mol. The van der Waals surface area contributed by atoms with E-state index in [9.17, 15) is 9.18 Å². The van der Waals surface area contributed by atoms with Gasteiger partial charge in [-0.25, -0.2) is 4.98 Å². The maximum atomic E-state index is 12.2. The molecule has 10 heavy (non-hydrogen) atoms. The van der Waals surface area contributed by atoms with Gasteiger partial charge in [0.25, 0.3) is 0 Å². The first-order valence-electron chi connectivity index (χ1n) is 2.40. The Hall–Kier alpha value is -0.960. The third kappa shape index (κ3) is 1.77. The second kappa shape index (κ2) is 3.95. The molecule has 0 radical (unpaired) electrons. The molecule has 0 atom stereocenters. The smallest absolute Gasteiger partial charge is 0.223 e. The summed E-state index contributed by atoms with van der Waals surface area (Å²) < 4.78 is 12.2. The molecule has 1 aromatic heterocycles. The van der Waals surface area contributed by atoms with Gasteiger partial charge in [-0.15, -0.1) is 12.4 Å². The molecule has 1 rings (SSSR count). The Balaban J connectivity index is 0.000000810. The molecule has 0 fully saturated rings. The van der Waals surface area contributed by atoms with Gasteiger partial charge >= 0.3 is 0 Å². The second-order valence-corrected chi connectivity index (χ2v) is 1.50. The van der Waals surface area contributed by atoms with Crippen LogP contribution in [0.5, 0.6) is 0 Å². The molecule has 0 bridgehead atoms. The maximum Gasteiger partial charge on any atom is 0.223 e. The molecule has 0 amide bonds. The van der Waals surface area contributed by atoms with Crippen LogP contribution in [-0.2, 0) is 0 Å². The first-order chi connectivity index (χ1) is 4.34. The zero-order valence-corrected chi connectivity index (χ0v) is 5.77. The Morgan fingerprint density at radius 3 is 2.70 bits per heavy atom. The Bertz CT molecular complexity index is 229. The SMILES string of the molecule is Cl.O=Cc1cccnc1F. The fourth-order valence-electron chi connectivity index (χ4n) is 0.486. The van der Waals surface area contributed by atoms with Crippen molar-refractivity contribution in [2.75, 3.05) is 0 Å². The summed E-state index contributed by atoms with van der Waals surface area (Å²) in [4.78, 5) is 13.2. The minimum absolute atomic E-state index is 0. The molecule has 2 nitrogen and oxygen atoms in total. The average Bonchev–Trinajstić information content (AvgIpc) is 1.89. The van der Waals surface area contributed by atoms with Gasteiger partial charge in [0.2, 0.25) is 5.95 Å². The van der Waals surface area contributed by atoms with Crippen molar-refractivity contribution in [2.24, 2.45) is 0 Å². The number of aldehydes is 1. The molecule has 0 aliphatic heterocycles. The predicted octanol–water partition coefficient (Wildman–Crippen LogP) is 1.46. The van der Waals surface area contributed by atoms with Gasteiger partial charge in [-0.3, -0.25) is 4.79 Å². The van der Waals surface area contributed by atoms with Gasteiger partial charge in [-0.1, -0.05) is 0 Å². The lowest BCUT2D eigenvalue weighted by atomic mass is 10.3. The number of nitrogens with zero attached hydrogens (tertiary/aromatic N) is 1. The molecule has 0 saturated carbocycles. The van der Waals surface area contributed by atoms with Gasteiger partial charge in [0.05, 0.1) is 5.56 Å². The Labute approximate surface area is 63.5 Å². The summed E-state index contributed by atoms with van der Waals surface area (Å²) in [7, 11) is 0. The number of hydrogen-bond donors (Lipinski definition) is 0. The third-order valence-electron chi connectivity index (χ3n) is 0.915. The van der Waals surface area contributed by atoms with Crippen molar-refractivity contribution < 1.29 is 9.18 Å². The summed E-state index contributed by atoms with van der Waals surface area (Å²) in [6, 6.07) is 2.88. The molecule has 54 valence electrons. The summed E-state index contributed by atoms with van der Waals surface area (Å²) in [5.74, 6) is -0.715. The molecule has 0 spiro atoms. The lowest BCUT2D eigenvalue weighted by Gasteiger charge is -1.87. The number of halogens is 2. The van der Waals surface area contributed by atoms with E-state index >= 15 is 0 Å². The van der Waals surface area contributed by atoms with Crippen LogP contribution >= 0.6 is 12.4 Å². The molecule has 0 aliphatic carbocycles. The summed E-state index contributed by atoms with van der Waals surface area (Å²) in [5.41, 5.74) is -0.00231. The highest BCUT2D eigenvalue weighted by Gasteiger charge is 1.96. The van der Waals surface area contributed by atoms with Crippen LogP contribution in [0.3, 0.4) is 0 Å². The highest BCUT2D eigenvalue weighted by Crippen LogP contribution is 1.97. The number of carbonyl (C=O) groups is 1. The van der Waals surface area contributed by atoms with E-state index in [4.69, 9.17) is 0 Å². The van der Waals surface area contributed by atoms with Crippen LogP contribution in [0.25, 0.3) is 0 Å². The topological polar surface area (TPSA) is 30.0 Å². The highest BCUT2D eigenvalue weighted by atomic mass is 35.5. The zero-order chi connectivity index (χ0) is 6.69. The second-order valence-electron chi connectivity index (χ2n) is 1.50. The standard InChI is InChI=1S/C6H4FNO.ClH/c7-6-5(4-9)2-1-3-8-6;/h1-4H;1H. The Morgan fingerprint density at radius 2 is 2.30 bits per heavy atom. The monoisotopic (exact) mass is 161 g/mol. The minimum Gasteiger partial charge on any atom is -0.298 e. The highest BCUT2D eigenvalue weighted by molar-refractivity contribution is 5.85. The molecule has 0 aliphatic rings. The van der Waals surface area contributed by atoms with E-state index in [-0.39, 0.29) is 18.0 Å². The predicted molar refractivity (Wildman–Crippen MR) is 36.8 cm³/mol. The fourth-order valence-corrected chi connectivity index (χ4v) is 0.486. The molecule has 4 heteroatoms. The van der Waals surface area contributed by atoms with Crippen molar-refractivity contribution in [1.82, 2.24) is 4.98 Å². The lowest BCUT2D eigenvalue weighted by molar-refractivity contribution is 0.111. The minimum atomic E-state index is -0.715. The van der Waals surface area contributed by atoms with E-state index in [2.05, 4.69) is 4.98 Å². The fraction of sp³-hybridized carbons (Fsp3) is 0. The van der Waals surface area contributed by atoms with E-state index in [0.717, 1.165) is 0 Å². The van der Waals surface area contributed by atoms with Gasteiger partial charge < -0.3 is 0 Å². The van der Waals surface area contributed by atoms with E-state index < -0.39 is 5.95 Å². The van der Waals surface area contributed by atoms with Gasteiger partial charge in [-0.2, -0.15) is 4.39 Å². The molecule has 0 unspecified atom stereocenters. The van der Waals surface area contributed by atoms with Gasteiger partial charge in [0, 0.05) is 6.20 Å². The van der Waals surface area contributed by atoms with Crippen molar-refractivity contribution in [3.8, 4) is 0 Å². The number of hydrogen-bond acceptors (Lipinski definition) is 2. The number of pyridine rings is 1. The van der Waals surface area contributed by atoms with Crippen LogP contribution in [0.1, 0.15) is 10.4 Å². The van der Waals surface area contributed by atoms with E-state index in [1.807, 2.05) is 0 Å². The molecule has 0 saturated heterocycles. The first kappa shape index (κ1) is 9.04. The molecule has 1 heterocycles. The van der Waals surface area contributed by atoms with Crippen LogP contribution in [0.4, 0.5) is 4.39 Å². The number of carbonyl (C=O) groups excluding carboxylic acids is 1. The number of aromatic nitrogens is 1. The summed E-state index contributed by atoms with van der Waals surface area (Å²) >= 11 is 0. The largest absolute Gasteiger partial charge is 0.298 e. The van der Waals surface area contributed by atoms with Crippen molar-refractivity contribution in [1.29, 1.82) is 0 Å². The van der Waals surface area contributed by atoms with Crippen LogP contribution in [0, 0.1) is 5.95 Å². The summed E-state index contributed by atoms with van der Waals surface area (Å²) in [6.07, 6.45) is 1.73.